The van der Waals surface area contributed by atoms with Crippen molar-refractivity contribution in [2.24, 2.45) is 5.73 Å². The van der Waals surface area contributed by atoms with Gasteiger partial charge in [-0.3, -0.25) is 19.2 Å². The van der Waals surface area contributed by atoms with Crippen LogP contribution in [0.4, 0.5) is 11.4 Å². The third-order valence-electron chi connectivity index (χ3n) is 4.30. The molecule has 0 spiro atoms. The number of anilines is 2. The quantitative estimate of drug-likeness (QED) is 0.582. The molecule has 1 heterocycles. The van der Waals surface area contributed by atoms with Crippen molar-refractivity contribution in [1.29, 1.82) is 0 Å². The first-order valence-corrected chi connectivity index (χ1v) is 9.10. The minimum Gasteiger partial charge on any atom is -0.366 e. The predicted molar refractivity (Wildman–Crippen MR) is 113 cm³/mol. The monoisotopic (exact) mass is 404 g/mol. The van der Waals surface area contributed by atoms with Crippen LogP contribution in [-0.4, -0.2) is 22.3 Å². The average molecular weight is 404 g/mol. The highest BCUT2D eigenvalue weighted by Gasteiger charge is 2.09. The minimum absolute atomic E-state index is 0.107. The van der Waals surface area contributed by atoms with Gasteiger partial charge in [-0.05, 0) is 61.0 Å². The van der Waals surface area contributed by atoms with Crippen LogP contribution in [0.3, 0.4) is 0 Å². The standard InChI is InChI=1S/C22H20N4O4/c1-14-2-11-20(28)26(12-14)13-19(27)24-17-9-5-16(6-10-17)22(30)25-18-7-3-15(4-8-18)21(23)29/h2-12H,13H2,1H3,(H2,23,29)(H,24,27)(H,25,30). The van der Waals surface area contributed by atoms with E-state index >= 15 is 0 Å². The Morgan fingerprint density at radius 1 is 0.833 bits per heavy atom. The van der Waals surface area contributed by atoms with E-state index in [1.165, 1.54) is 22.8 Å². The van der Waals surface area contributed by atoms with Gasteiger partial charge in [0.1, 0.15) is 6.54 Å². The Morgan fingerprint density at radius 2 is 1.40 bits per heavy atom. The zero-order valence-corrected chi connectivity index (χ0v) is 16.2. The van der Waals surface area contributed by atoms with Crippen molar-refractivity contribution in [2.45, 2.75) is 13.5 Å². The number of aromatic nitrogens is 1. The molecule has 0 saturated heterocycles. The third kappa shape index (κ3) is 5.20. The SMILES string of the molecule is Cc1ccc(=O)n(CC(=O)Nc2ccc(C(=O)Nc3ccc(C(N)=O)cc3)cc2)c1. The van der Waals surface area contributed by atoms with Gasteiger partial charge in [0, 0.05) is 34.8 Å². The van der Waals surface area contributed by atoms with Gasteiger partial charge < -0.3 is 20.9 Å². The molecule has 3 aromatic rings. The van der Waals surface area contributed by atoms with Gasteiger partial charge in [-0.15, -0.1) is 0 Å². The van der Waals surface area contributed by atoms with E-state index < -0.39 is 5.91 Å². The summed E-state index contributed by atoms with van der Waals surface area (Å²) >= 11 is 0. The van der Waals surface area contributed by atoms with Crippen molar-refractivity contribution in [3.05, 3.63) is 93.9 Å². The summed E-state index contributed by atoms with van der Waals surface area (Å²) in [5, 5.41) is 5.41. The number of rotatable bonds is 6. The second kappa shape index (κ2) is 8.87. The summed E-state index contributed by atoms with van der Waals surface area (Å²) < 4.78 is 1.33. The molecule has 0 atom stereocenters. The first-order valence-electron chi connectivity index (χ1n) is 9.10. The van der Waals surface area contributed by atoms with Crippen molar-refractivity contribution < 1.29 is 14.4 Å². The van der Waals surface area contributed by atoms with Crippen LogP contribution in [0.15, 0.2) is 71.7 Å². The summed E-state index contributed by atoms with van der Waals surface area (Å²) in [6.07, 6.45) is 1.62. The maximum Gasteiger partial charge on any atom is 0.255 e. The lowest BCUT2D eigenvalue weighted by Gasteiger charge is -2.09. The molecule has 4 N–H and O–H groups in total. The zero-order chi connectivity index (χ0) is 21.7. The van der Waals surface area contributed by atoms with Gasteiger partial charge in [-0.25, -0.2) is 0 Å². The fourth-order valence-corrected chi connectivity index (χ4v) is 2.76. The lowest BCUT2D eigenvalue weighted by Crippen LogP contribution is -2.26. The molecule has 1 aromatic heterocycles. The van der Waals surface area contributed by atoms with Crippen LogP contribution in [-0.2, 0) is 11.3 Å². The van der Waals surface area contributed by atoms with Crippen LogP contribution >= 0.6 is 0 Å². The molecule has 3 amide bonds. The second-order valence-corrected chi connectivity index (χ2v) is 6.69. The number of amides is 3. The van der Waals surface area contributed by atoms with Crippen molar-refractivity contribution in [3.8, 4) is 0 Å². The number of hydrogen-bond acceptors (Lipinski definition) is 4. The molecule has 8 nitrogen and oxygen atoms in total. The Morgan fingerprint density at radius 3 is 2.00 bits per heavy atom. The fourth-order valence-electron chi connectivity index (χ4n) is 2.76. The molecule has 0 radical (unpaired) electrons. The Hall–Kier alpha value is -4.20. The van der Waals surface area contributed by atoms with Gasteiger partial charge >= 0.3 is 0 Å². The molecule has 3 rings (SSSR count). The van der Waals surface area contributed by atoms with E-state index in [1.807, 2.05) is 6.92 Å². The van der Waals surface area contributed by atoms with Crippen molar-refractivity contribution in [2.75, 3.05) is 10.6 Å². The smallest absolute Gasteiger partial charge is 0.255 e. The molecule has 0 aliphatic rings. The molecule has 152 valence electrons. The molecule has 2 aromatic carbocycles. The van der Waals surface area contributed by atoms with Crippen LogP contribution in [0.5, 0.6) is 0 Å². The van der Waals surface area contributed by atoms with Crippen molar-refractivity contribution >= 4 is 29.1 Å². The highest BCUT2D eigenvalue weighted by atomic mass is 16.2. The highest BCUT2D eigenvalue weighted by molar-refractivity contribution is 6.05. The van der Waals surface area contributed by atoms with E-state index in [0.29, 0.717) is 22.5 Å². The number of hydrogen-bond donors (Lipinski definition) is 3. The van der Waals surface area contributed by atoms with Crippen LogP contribution in [0.25, 0.3) is 0 Å². The van der Waals surface area contributed by atoms with E-state index in [4.69, 9.17) is 5.73 Å². The second-order valence-electron chi connectivity index (χ2n) is 6.69. The normalized spacial score (nSPS) is 10.3. The van der Waals surface area contributed by atoms with Gasteiger partial charge in [-0.1, -0.05) is 6.07 Å². The molecule has 0 aliphatic carbocycles. The Bertz CT molecular complexity index is 1150. The summed E-state index contributed by atoms with van der Waals surface area (Å²) in [4.78, 5) is 47.4. The molecular weight excluding hydrogens is 384 g/mol. The van der Waals surface area contributed by atoms with Crippen LogP contribution in [0, 0.1) is 6.92 Å². The summed E-state index contributed by atoms with van der Waals surface area (Å²) in [7, 11) is 0. The van der Waals surface area contributed by atoms with Gasteiger partial charge in [0.05, 0.1) is 0 Å². The molecule has 0 saturated carbocycles. The number of nitrogens with two attached hydrogens (primary N) is 1. The molecular formula is C22H20N4O4. The van der Waals surface area contributed by atoms with Crippen LogP contribution < -0.4 is 21.9 Å². The predicted octanol–water partition coefficient (Wildman–Crippen LogP) is 2.15. The molecule has 0 bridgehead atoms. The summed E-state index contributed by atoms with van der Waals surface area (Å²) in [6, 6.07) is 15.7. The molecule has 0 fully saturated rings. The summed E-state index contributed by atoms with van der Waals surface area (Å²) in [5.41, 5.74) is 7.57. The van der Waals surface area contributed by atoms with E-state index in [2.05, 4.69) is 10.6 Å². The summed E-state index contributed by atoms with van der Waals surface area (Å²) in [5.74, 6) is -1.24. The molecule has 0 aliphatic heterocycles. The fraction of sp³-hybridized carbons (Fsp3) is 0.0909. The van der Waals surface area contributed by atoms with E-state index in [0.717, 1.165) is 5.56 Å². The first-order chi connectivity index (χ1) is 14.3. The maximum absolute atomic E-state index is 12.3. The van der Waals surface area contributed by atoms with E-state index in [9.17, 15) is 19.2 Å². The number of carbonyl (C=O) groups excluding carboxylic acids is 3. The van der Waals surface area contributed by atoms with Gasteiger partial charge in [0.15, 0.2) is 0 Å². The van der Waals surface area contributed by atoms with Gasteiger partial charge in [0.25, 0.3) is 11.5 Å². The number of benzene rings is 2. The zero-order valence-electron chi connectivity index (χ0n) is 16.2. The van der Waals surface area contributed by atoms with Gasteiger partial charge in [0.2, 0.25) is 11.8 Å². The lowest BCUT2D eigenvalue weighted by atomic mass is 10.1. The third-order valence-corrected chi connectivity index (χ3v) is 4.30. The lowest BCUT2D eigenvalue weighted by molar-refractivity contribution is -0.116. The Labute approximate surface area is 172 Å². The number of pyridine rings is 1. The van der Waals surface area contributed by atoms with E-state index in [-0.39, 0.29) is 23.9 Å². The topological polar surface area (TPSA) is 123 Å². The summed E-state index contributed by atoms with van der Waals surface area (Å²) in [6.45, 7) is 1.73. The minimum atomic E-state index is -0.544. The van der Waals surface area contributed by atoms with Crippen LogP contribution in [0.1, 0.15) is 26.3 Å². The number of primary amides is 1. The van der Waals surface area contributed by atoms with Crippen molar-refractivity contribution in [1.82, 2.24) is 4.57 Å². The number of nitrogens with zero attached hydrogens (tertiary/aromatic N) is 1. The average Bonchev–Trinajstić information content (AvgIpc) is 2.71. The van der Waals surface area contributed by atoms with E-state index in [1.54, 1.807) is 48.7 Å². The number of nitrogens with one attached hydrogen (secondary N) is 2. The van der Waals surface area contributed by atoms with Gasteiger partial charge in [-0.2, -0.15) is 0 Å². The molecule has 8 heteroatoms. The highest BCUT2D eigenvalue weighted by Crippen LogP contribution is 2.14. The maximum atomic E-state index is 12.3. The number of carbonyl (C=O) groups is 3. The molecule has 0 unspecified atom stereocenters. The molecule has 30 heavy (non-hydrogen) atoms. The Kier molecular flexibility index (Phi) is 6.07. The van der Waals surface area contributed by atoms with Crippen molar-refractivity contribution in [3.63, 3.8) is 0 Å². The largest absolute Gasteiger partial charge is 0.366 e. The van der Waals surface area contributed by atoms with Crippen LogP contribution in [0.2, 0.25) is 0 Å². The first kappa shape index (κ1) is 20.5. The number of aryl methyl sites for hydroxylation is 1. The Balaban J connectivity index is 1.60.